The first-order valence-electron chi connectivity index (χ1n) is 11.5. The van der Waals surface area contributed by atoms with E-state index in [0.717, 1.165) is 0 Å². The van der Waals surface area contributed by atoms with Crippen LogP contribution in [-0.2, 0) is 9.59 Å². The van der Waals surface area contributed by atoms with Crippen LogP contribution in [0.3, 0.4) is 0 Å². The number of benzene rings is 2. The zero-order valence-corrected chi connectivity index (χ0v) is 20.4. The second kappa shape index (κ2) is 11.1. The molecule has 9 heteroatoms. The van der Waals surface area contributed by atoms with Crippen LogP contribution in [0.25, 0.3) is 5.76 Å². The molecule has 1 aliphatic heterocycles. The van der Waals surface area contributed by atoms with E-state index in [1.54, 1.807) is 24.3 Å². The number of aliphatic hydroxyl groups is 1. The topological polar surface area (TPSA) is 113 Å². The summed E-state index contributed by atoms with van der Waals surface area (Å²) < 4.78 is 5.68. The highest BCUT2D eigenvalue weighted by atomic mass is 16.6. The molecule has 0 spiro atoms. The van der Waals surface area contributed by atoms with Crippen molar-refractivity contribution in [3.05, 3.63) is 75.3 Å². The first kappa shape index (κ1) is 25.9. The summed E-state index contributed by atoms with van der Waals surface area (Å²) in [4.78, 5) is 40.0. The number of ketones is 1. The number of carbonyl (C=O) groups excluding carboxylic acids is 2. The van der Waals surface area contributed by atoms with Gasteiger partial charge in [-0.05, 0) is 74.9 Å². The van der Waals surface area contributed by atoms with Crippen LogP contribution < -0.4 is 4.74 Å². The van der Waals surface area contributed by atoms with Crippen LogP contribution in [0.5, 0.6) is 5.75 Å². The average Bonchev–Trinajstić information content (AvgIpc) is 3.07. The third-order valence-electron chi connectivity index (χ3n) is 5.68. The average molecular weight is 482 g/mol. The lowest BCUT2D eigenvalue weighted by Gasteiger charge is -2.26. The number of ether oxygens (including phenoxy) is 1. The monoisotopic (exact) mass is 481 g/mol. The van der Waals surface area contributed by atoms with Gasteiger partial charge in [0.05, 0.1) is 23.1 Å². The summed E-state index contributed by atoms with van der Waals surface area (Å²) in [6, 6.07) is 11.5. The summed E-state index contributed by atoms with van der Waals surface area (Å²) in [6.45, 7) is 5.62. The van der Waals surface area contributed by atoms with Gasteiger partial charge < -0.3 is 19.6 Å². The van der Waals surface area contributed by atoms with Gasteiger partial charge in [0.2, 0.25) is 0 Å². The number of nitro benzene ring substituents is 1. The third kappa shape index (κ3) is 6.05. The number of hydrogen-bond acceptors (Lipinski definition) is 7. The molecule has 35 heavy (non-hydrogen) atoms. The molecule has 1 amide bonds. The Hall–Kier alpha value is -3.72. The highest BCUT2D eigenvalue weighted by Gasteiger charge is 2.45. The van der Waals surface area contributed by atoms with Gasteiger partial charge in [-0.15, -0.1) is 0 Å². The SMILES string of the molecule is CC(C)COc1ccc(C(O)=C2C(=O)C(=O)N(CCCN(C)C)[C@H]2c2ccc([N+](=O)[O-])cc2)cc1. The molecule has 0 bridgehead atoms. The molecule has 0 radical (unpaired) electrons. The van der Waals surface area contributed by atoms with E-state index >= 15 is 0 Å². The first-order valence-corrected chi connectivity index (χ1v) is 11.5. The van der Waals surface area contributed by atoms with Crippen molar-refractivity contribution in [1.29, 1.82) is 0 Å². The number of nitro groups is 1. The number of nitrogens with zero attached hydrogens (tertiary/aromatic N) is 3. The second-order valence-electron chi connectivity index (χ2n) is 9.23. The Morgan fingerprint density at radius 1 is 1.11 bits per heavy atom. The molecule has 9 nitrogen and oxygen atoms in total. The summed E-state index contributed by atoms with van der Waals surface area (Å²) in [5.41, 5.74) is 0.748. The van der Waals surface area contributed by atoms with E-state index in [2.05, 4.69) is 0 Å². The lowest BCUT2D eigenvalue weighted by molar-refractivity contribution is -0.384. The van der Waals surface area contributed by atoms with Crippen molar-refractivity contribution in [1.82, 2.24) is 9.80 Å². The minimum absolute atomic E-state index is 0.0374. The molecular weight excluding hydrogens is 450 g/mol. The molecule has 0 aliphatic carbocycles. The van der Waals surface area contributed by atoms with Crippen molar-refractivity contribution in [2.24, 2.45) is 5.92 Å². The van der Waals surface area contributed by atoms with E-state index < -0.39 is 22.7 Å². The zero-order valence-electron chi connectivity index (χ0n) is 20.4. The Morgan fingerprint density at radius 2 is 1.74 bits per heavy atom. The van der Waals surface area contributed by atoms with E-state index in [4.69, 9.17) is 4.74 Å². The number of hydrogen-bond donors (Lipinski definition) is 1. The molecule has 2 aromatic carbocycles. The fraction of sp³-hybridized carbons (Fsp3) is 0.385. The molecule has 186 valence electrons. The fourth-order valence-electron chi connectivity index (χ4n) is 3.92. The van der Waals surface area contributed by atoms with Gasteiger partial charge in [0, 0.05) is 24.2 Å². The van der Waals surface area contributed by atoms with Crippen LogP contribution in [0, 0.1) is 16.0 Å². The number of aliphatic hydroxyl groups excluding tert-OH is 1. The van der Waals surface area contributed by atoms with E-state index in [1.807, 2.05) is 32.8 Å². The Kier molecular flexibility index (Phi) is 8.24. The predicted molar refractivity (Wildman–Crippen MR) is 132 cm³/mol. The summed E-state index contributed by atoms with van der Waals surface area (Å²) in [5, 5.41) is 22.2. The highest BCUT2D eigenvalue weighted by Crippen LogP contribution is 2.40. The number of carbonyl (C=O) groups is 2. The molecule has 1 atom stereocenters. The number of Topliss-reactive ketones (excluding diaryl/α,β-unsaturated/α-hetero) is 1. The van der Waals surface area contributed by atoms with Crippen LogP contribution in [0.1, 0.15) is 37.4 Å². The molecule has 0 unspecified atom stereocenters. The van der Waals surface area contributed by atoms with Gasteiger partial charge >= 0.3 is 0 Å². The molecule has 3 rings (SSSR count). The Labute approximate surface area is 204 Å². The van der Waals surface area contributed by atoms with Crippen LogP contribution in [0.2, 0.25) is 0 Å². The van der Waals surface area contributed by atoms with Gasteiger partial charge in [-0.2, -0.15) is 0 Å². The number of non-ortho nitro benzene ring substituents is 1. The van der Waals surface area contributed by atoms with E-state index in [-0.39, 0.29) is 17.0 Å². The third-order valence-corrected chi connectivity index (χ3v) is 5.68. The number of likely N-dealkylation sites (tertiary alicyclic amines) is 1. The maximum atomic E-state index is 13.1. The van der Waals surface area contributed by atoms with Crippen molar-refractivity contribution >= 4 is 23.1 Å². The van der Waals surface area contributed by atoms with E-state index in [1.165, 1.54) is 29.2 Å². The lowest BCUT2D eigenvalue weighted by atomic mass is 9.95. The molecular formula is C26H31N3O6. The molecule has 1 aliphatic rings. The van der Waals surface area contributed by atoms with Crippen molar-refractivity contribution in [3.8, 4) is 5.75 Å². The highest BCUT2D eigenvalue weighted by molar-refractivity contribution is 6.46. The summed E-state index contributed by atoms with van der Waals surface area (Å²) in [6.07, 6.45) is 0.616. The molecule has 1 fully saturated rings. The second-order valence-corrected chi connectivity index (χ2v) is 9.23. The van der Waals surface area contributed by atoms with Gasteiger partial charge in [0.25, 0.3) is 17.4 Å². The van der Waals surface area contributed by atoms with E-state index in [0.29, 0.717) is 48.9 Å². The standard InChI is InChI=1S/C26H31N3O6/c1-17(2)16-35-21-12-8-19(9-13-21)24(30)22-23(18-6-10-20(11-7-18)29(33)34)28(26(32)25(22)31)15-5-14-27(3)4/h6-13,17,23,30H,5,14-16H2,1-4H3/t23-/m0/s1. The first-order chi connectivity index (χ1) is 16.6. The minimum Gasteiger partial charge on any atom is -0.507 e. The van der Waals surface area contributed by atoms with E-state index in [9.17, 15) is 24.8 Å². The molecule has 1 saturated heterocycles. The maximum Gasteiger partial charge on any atom is 0.295 e. The molecule has 1 N–H and O–H groups in total. The van der Waals surface area contributed by atoms with Crippen LogP contribution in [0.4, 0.5) is 5.69 Å². The molecule has 0 saturated carbocycles. The van der Waals surface area contributed by atoms with Crippen molar-refractivity contribution in [2.75, 3.05) is 33.8 Å². The summed E-state index contributed by atoms with van der Waals surface area (Å²) in [5.74, 6) is -0.793. The molecule has 0 aromatic heterocycles. The minimum atomic E-state index is -0.852. The summed E-state index contributed by atoms with van der Waals surface area (Å²) >= 11 is 0. The van der Waals surface area contributed by atoms with Crippen molar-refractivity contribution in [3.63, 3.8) is 0 Å². The summed E-state index contributed by atoms with van der Waals surface area (Å²) in [7, 11) is 3.83. The van der Waals surface area contributed by atoms with Gasteiger partial charge in [-0.25, -0.2) is 0 Å². The van der Waals surface area contributed by atoms with Gasteiger partial charge in [0.15, 0.2) is 0 Å². The zero-order chi connectivity index (χ0) is 25.7. The molecule has 1 heterocycles. The van der Waals surface area contributed by atoms with Crippen LogP contribution in [-0.4, -0.2) is 65.3 Å². The fourth-order valence-corrected chi connectivity index (χ4v) is 3.92. The quantitative estimate of drug-likeness (QED) is 0.179. The Morgan fingerprint density at radius 3 is 2.29 bits per heavy atom. The predicted octanol–water partition coefficient (Wildman–Crippen LogP) is 4.00. The normalized spacial score (nSPS) is 17.4. The smallest absolute Gasteiger partial charge is 0.295 e. The van der Waals surface area contributed by atoms with Crippen LogP contribution >= 0.6 is 0 Å². The number of rotatable bonds is 10. The van der Waals surface area contributed by atoms with Gasteiger partial charge in [-0.1, -0.05) is 13.8 Å². The van der Waals surface area contributed by atoms with Crippen molar-refractivity contribution in [2.45, 2.75) is 26.3 Å². The molecule has 2 aromatic rings. The van der Waals surface area contributed by atoms with Crippen LogP contribution in [0.15, 0.2) is 54.1 Å². The van der Waals surface area contributed by atoms with Crippen molar-refractivity contribution < 1.29 is 24.4 Å². The number of amides is 1. The van der Waals surface area contributed by atoms with Gasteiger partial charge in [-0.3, -0.25) is 19.7 Å². The van der Waals surface area contributed by atoms with Gasteiger partial charge in [0.1, 0.15) is 11.5 Å². The maximum absolute atomic E-state index is 13.1. The largest absolute Gasteiger partial charge is 0.507 e. The Balaban J connectivity index is 2.01. The lowest BCUT2D eigenvalue weighted by Crippen LogP contribution is -2.32. The Bertz CT molecular complexity index is 1110.